The Morgan fingerprint density at radius 2 is 1.69 bits per heavy atom. The number of hydrogen-bond acceptors (Lipinski definition) is 7. The van der Waals surface area contributed by atoms with Crippen LogP contribution in [-0.4, -0.2) is 33.8 Å². The van der Waals surface area contributed by atoms with Gasteiger partial charge in [0.1, 0.15) is 18.6 Å². The summed E-state index contributed by atoms with van der Waals surface area (Å²) in [6.07, 6.45) is 5.37. The predicted molar refractivity (Wildman–Crippen MR) is 118 cm³/mol. The van der Waals surface area contributed by atoms with Gasteiger partial charge in [0.15, 0.2) is 0 Å². The molecule has 0 saturated carbocycles. The lowest BCUT2D eigenvalue weighted by molar-refractivity contribution is -0.292. The summed E-state index contributed by atoms with van der Waals surface area (Å²) in [5.41, 5.74) is 1.10. The van der Waals surface area contributed by atoms with Gasteiger partial charge in [-0.1, -0.05) is 30.3 Å². The van der Waals surface area contributed by atoms with Gasteiger partial charge >= 0.3 is 6.09 Å². The summed E-state index contributed by atoms with van der Waals surface area (Å²) in [4.78, 5) is 33.6. The van der Waals surface area contributed by atoms with Gasteiger partial charge in [-0.05, 0) is 37.1 Å². The molecule has 0 fully saturated rings. The van der Waals surface area contributed by atoms with Crippen LogP contribution < -0.4 is 10.9 Å². The van der Waals surface area contributed by atoms with E-state index in [9.17, 15) is 9.59 Å². The molecule has 32 heavy (non-hydrogen) atoms. The minimum atomic E-state index is -1.44. The maximum absolute atomic E-state index is 13.2. The third-order valence-corrected chi connectivity index (χ3v) is 4.57. The molecule has 0 bridgehead atoms. The van der Waals surface area contributed by atoms with Gasteiger partial charge in [0.05, 0.1) is 6.20 Å². The quantitative estimate of drug-likeness (QED) is 0.484. The van der Waals surface area contributed by atoms with Gasteiger partial charge in [0.25, 0.3) is 11.5 Å². The first-order valence-corrected chi connectivity index (χ1v) is 10.3. The Balaban J connectivity index is 1.85. The number of nitrogens with one attached hydrogen (secondary N) is 1. The van der Waals surface area contributed by atoms with Crippen LogP contribution >= 0.6 is 0 Å². The highest BCUT2D eigenvalue weighted by molar-refractivity contribution is 5.83. The molecule has 0 aliphatic heterocycles. The third-order valence-electron chi connectivity index (χ3n) is 4.57. The number of nitrogens with zero attached hydrogens (tertiary/aromatic N) is 3. The fourth-order valence-corrected chi connectivity index (χ4v) is 3.19. The molecule has 2 aromatic heterocycles. The molecule has 0 radical (unpaired) electrons. The minimum Gasteiger partial charge on any atom is -0.444 e. The SMILES string of the molecule is CCOC(Cc1ccncc1)(OCC)n1cncc(NC(=O)OCc2ccccc2)c1=O. The van der Waals surface area contributed by atoms with E-state index in [1.54, 1.807) is 12.4 Å². The van der Waals surface area contributed by atoms with E-state index in [0.717, 1.165) is 11.1 Å². The second-order valence-electron chi connectivity index (χ2n) is 6.78. The summed E-state index contributed by atoms with van der Waals surface area (Å²) in [6.45, 7) is 4.26. The van der Waals surface area contributed by atoms with Gasteiger partial charge in [-0.25, -0.2) is 14.3 Å². The molecule has 9 heteroatoms. The molecule has 0 saturated heterocycles. The van der Waals surface area contributed by atoms with Crippen molar-refractivity contribution in [1.82, 2.24) is 14.5 Å². The molecule has 3 aromatic rings. The number of ether oxygens (including phenoxy) is 3. The van der Waals surface area contributed by atoms with Crippen LogP contribution in [0.4, 0.5) is 10.5 Å². The Kier molecular flexibility index (Phi) is 8.07. The number of pyridine rings is 1. The standard InChI is InChI=1S/C23H26N4O5/c1-3-31-23(32-4-2,14-18-10-12-24-13-11-18)27-17-25-15-20(21(27)28)26-22(29)30-16-19-8-6-5-7-9-19/h5-13,15,17H,3-4,14,16H2,1-2H3,(H,26,29). The molecule has 1 amide bonds. The highest BCUT2D eigenvalue weighted by Gasteiger charge is 2.36. The molecular weight excluding hydrogens is 412 g/mol. The van der Waals surface area contributed by atoms with Crippen molar-refractivity contribution in [2.75, 3.05) is 18.5 Å². The Hall–Kier alpha value is -3.56. The Morgan fingerprint density at radius 1 is 1.00 bits per heavy atom. The van der Waals surface area contributed by atoms with Crippen LogP contribution in [-0.2, 0) is 33.1 Å². The number of aromatic nitrogens is 3. The van der Waals surface area contributed by atoms with Crippen molar-refractivity contribution in [3.05, 3.63) is 88.9 Å². The van der Waals surface area contributed by atoms with E-state index < -0.39 is 17.6 Å². The lowest BCUT2D eigenvalue weighted by Crippen LogP contribution is -2.48. The van der Waals surface area contributed by atoms with Crippen LogP contribution in [0, 0.1) is 0 Å². The van der Waals surface area contributed by atoms with Crippen molar-refractivity contribution in [3.63, 3.8) is 0 Å². The predicted octanol–water partition coefficient (Wildman–Crippen LogP) is 3.31. The van der Waals surface area contributed by atoms with Crippen molar-refractivity contribution in [2.24, 2.45) is 0 Å². The zero-order chi connectivity index (χ0) is 22.8. The largest absolute Gasteiger partial charge is 0.444 e. The van der Waals surface area contributed by atoms with Crippen molar-refractivity contribution in [1.29, 1.82) is 0 Å². The fraction of sp³-hybridized carbons (Fsp3) is 0.304. The maximum Gasteiger partial charge on any atom is 0.412 e. The third kappa shape index (κ3) is 5.77. The summed E-state index contributed by atoms with van der Waals surface area (Å²) in [6, 6.07) is 12.9. The Labute approximate surface area is 186 Å². The van der Waals surface area contributed by atoms with E-state index >= 15 is 0 Å². The summed E-state index contributed by atoms with van der Waals surface area (Å²) < 4.78 is 18.3. The molecule has 168 valence electrons. The molecule has 0 unspecified atom stereocenters. The topological polar surface area (TPSA) is 105 Å². The van der Waals surface area contributed by atoms with Gasteiger partial charge in [-0.3, -0.25) is 15.1 Å². The van der Waals surface area contributed by atoms with Crippen LogP contribution in [0.15, 0.2) is 72.2 Å². The maximum atomic E-state index is 13.2. The highest BCUT2D eigenvalue weighted by Crippen LogP contribution is 2.25. The highest BCUT2D eigenvalue weighted by atomic mass is 16.7. The van der Waals surface area contributed by atoms with Gasteiger partial charge in [-0.15, -0.1) is 0 Å². The zero-order valence-corrected chi connectivity index (χ0v) is 18.1. The first-order chi connectivity index (χ1) is 15.6. The zero-order valence-electron chi connectivity index (χ0n) is 18.1. The van der Waals surface area contributed by atoms with Crippen molar-refractivity contribution < 1.29 is 19.0 Å². The number of anilines is 1. The molecular formula is C23H26N4O5. The molecule has 1 N–H and O–H groups in total. The lowest BCUT2D eigenvalue weighted by Gasteiger charge is -2.34. The van der Waals surface area contributed by atoms with Crippen LogP contribution in [0.5, 0.6) is 0 Å². The summed E-state index contributed by atoms with van der Waals surface area (Å²) in [7, 11) is 0. The minimum absolute atomic E-state index is 0.0518. The molecule has 3 rings (SSSR count). The van der Waals surface area contributed by atoms with Crippen LogP contribution in [0.25, 0.3) is 0 Å². The summed E-state index contributed by atoms with van der Waals surface area (Å²) in [5.74, 6) is -1.44. The lowest BCUT2D eigenvalue weighted by atomic mass is 10.1. The Bertz CT molecular complexity index is 1050. The van der Waals surface area contributed by atoms with Gasteiger partial charge in [-0.2, -0.15) is 0 Å². The number of hydrogen-bond donors (Lipinski definition) is 1. The van der Waals surface area contributed by atoms with E-state index in [-0.39, 0.29) is 31.9 Å². The van der Waals surface area contributed by atoms with E-state index in [1.807, 2.05) is 56.3 Å². The van der Waals surface area contributed by atoms with Gasteiger partial charge < -0.3 is 14.2 Å². The molecule has 9 nitrogen and oxygen atoms in total. The second-order valence-corrected chi connectivity index (χ2v) is 6.78. The van der Waals surface area contributed by atoms with E-state index in [4.69, 9.17) is 14.2 Å². The van der Waals surface area contributed by atoms with E-state index in [1.165, 1.54) is 17.1 Å². The van der Waals surface area contributed by atoms with Crippen molar-refractivity contribution in [3.8, 4) is 0 Å². The average Bonchev–Trinajstić information content (AvgIpc) is 2.81. The molecule has 0 aliphatic rings. The number of carbonyl (C=O) groups excluding carboxylic acids is 1. The van der Waals surface area contributed by atoms with Crippen LogP contribution in [0.2, 0.25) is 0 Å². The molecule has 0 spiro atoms. The van der Waals surface area contributed by atoms with Crippen molar-refractivity contribution in [2.45, 2.75) is 32.8 Å². The van der Waals surface area contributed by atoms with Crippen molar-refractivity contribution >= 4 is 11.8 Å². The number of benzene rings is 1. The fourth-order valence-electron chi connectivity index (χ4n) is 3.19. The smallest absolute Gasteiger partial charge is 0.412 e. The average molecular weight is 438 g/mol. The monoisotopic (exact) mass is 438 g/mol. The van der Waals surface area contributed by atoms with Gasteiger partial charge in [0, 0.05) is 32.0 Å². The number of amides is 1. The van der Waals surface area contributed by atoms with Gasteiger partial charge in [0.2, 0.25) is 0 Å². The number of rotatable bonds is 10. The molecule has 0 aliphatic carbocycles. The van der Waals surface area contributed by atoms with Crippen LogP contribution in [0.3, 0.4) is 0 Å². The second kappa shape index (κ2) is 11.2. The molecule has 0 atom stereocenters. The normalized spacial score (nSPS) is 11.2. The summed E-state index contributed by atoms with van der Waals surface area (Å²) >= 11 is 0. The molecule has 1 aromatic carbocycles. The summed E-state index contributed by atoms with van der Waals surface area (Å²) in [5, 5.41) is 2.46. The molecule has 2 heterocycles. The number of carbonyl (C=O) groups is 1. The first-order valence-electron chi connectivity index (χ1n) is 10.3. The Morgan fingerprint density at radius 3 is 2.34 bits per heavy atom. The van der Waals surface area contributed by atoms with E-state index in [0.29, 0.717) is 0 Å². The van der Waals surface area contributed by atoms with E-state index in [2.05, 4.69) is 15.3 Å². The van der Waals surface area contributed by atoms with Crippen LogP contribution in [0.1, 0.15) is 25.0 Å². The first kappa shape index (κ1) is 23.1.